The number of nitrogens with zero attached hydrogens (tertiary/aromatic N) is 1. The average Bonchev–Trinajstić information content (AvgIpc) is 3.54. The Morgan fingerprint density at radius 3 is 2.87 bits per heavy atom. The summed E-state index contributed by atoms with van der Waals surface area (Å²) in [6.45, 7) is 4.47. The maximum Gasteiger partial charge on any atom is 0.319 e. The predicted molar refractivity (Wildman–Crippen MR) is 139 cm³/mol. The first-order valence-electron chi connectivity index (χ1n) is 13.3. The Hall–Kier alpha value is -3.77. The Morgan fingerprint density at radius 1 is 1.23 bits per heavy atom. The van der Waals surface area contributed by atoms with Crippen LogP contribution in [0.25, 0.3) is 0 Å². The summed E-state index contributed by atoms with van der Waals surface area (Å²) in [6, 6.07) is 3.73. The van der Waals surface area contributed by atoms with E-state index in [-0.39, 0.29) is 37.2 Å². The van der Waals surface area contributed by atoms with Gasteiger partial charge in [-0.25, -0.2) is 14.2 Å². The van der Waals surface area contributed by atoms with E-state index in [1.165, 1.54) is 6.07 Å². The molecule has 1 saturated heterocycles. The van der Waals surface area contributed by atoms with Crippen molar-refractivity contribution in [2.75, 3.05) is 6.54 Å². The molecule has 4 amide bonds. The van der Waals surface area contributed by atoms with Gasteiger partial charge in [-0.2, -0.15) is 0 Å². The number of aromatic nitrogens is 1. The van der Waals surface area contributed by atoms with Gasteiger partial charge < -0.3 is 25.7 Å². The van der Waals surface area contributed by atoms with Crippen molar-refractivity contribution in [3.63, 3.8) is 0 Å². The third-order valence-electron chi connectivity index (χ3n) is 7.61. The van der Waals surface area contributed by atoms with E-state index in [2.05, 4.69) is 37.1 Å². The quantitative estimate of drug-likeness (QED) is 0.299. The van der Waals surface area contributed by atoms with Crippen LogP contribution in [0.3, 0.4) is 0 Å². The van der Waals surface area contributed by atoms with Gasteiger partial charge in [0.2, 0.25) is 11.8 Å². The number of carbonyl (C=O) groups excluding carboxylic acids is 3. The molecule has 1 aromatic carbocycles. The van der Waals surface area contributed by atoms with Crippen molar-refractivity contribution >= 4 is 17.8 Å². The van der Waals surface area contributed by atoms with E-state index in [4.69, 9.17) is 4.42 Å². The lowest BCUT2D eigenvalue weighted by atomic mass is 9.82. The number of benzene rings is 1. The molecule has 3 heterocycles. The van der Waals surface area contributed by atoms with Crippen molar-refractivity contribution in [2.45, 2.75) is 70.6 Å². The molecule has 3 aliphatic rings. The van der Waals surface area contributed by atoms with Gasteiger partial charge in [0.1, 0.15) is 11.6 Å². The maximum atomic E-state index is 14.7. The molecule has 0 spiro atoms. The standard InChI is InChI=1S/C27H34FN7O4/c1-14-11-30-23(39-14)13-29-22(36)8-4-16-9-17(3-6-20(16)28)25-24(15(2)32-27(38)34-25)26(37)33-19-5-7-21-18(10-19)12-31-35-21/h3,6,9,11,18-19,21,25,31,35H,4-5,7-8,10,12-13H2,1-2H3,(H,29,36)(H,33,37)(H2,32,34,38). The number of amides is 4. The average molecular weight is 540 g/mol. The van der Waals surface area contributed by atoms with Crippen molar-refractivity contribution in [1.29, 1.82) is 0 Å². The van der Waals surface area contributed by atoms with Gasteiger partial charge in [-0.05, 0) is 62.6 Å². The van der Waals surface area contributed by atoms with Crippen LogP contribution in [0.2, 0.25) is 0 Å². The van der Waals surface area contributed by atoms with Gasteiger partial charge in [-0.1, -0.05) is 12.1 Å². The Labute approximate surface area is 225 Å². The molecule has 6 N–H and O–H groups in total. The van der Waals surface area contributed by atoms with Crippen LogP contribution in [0.15, 0.2) is 40.1 Å². The molecule has 2 aliphatic heterocycles. The fourth-order valence-corrected chi connectivity index (χ4v) is 5.60. The van der Waals surface area contributed by atoms with Gasteiger partial charge in [-0.15, -0.1) is 0 Å². The molecule has 208 valence electrons. The van der Waals surface area contributed by atoms with Crippen LogP contribution in [-0.2, 0) is 22.6 Å². The first-order chi connectivity index (χ1) is 18.8. The zero-order valence-electron chi connectivity index (χ0n) is 22.0. The number of fused-ring (bicyclic) bond motifs is 1. The Kier molecular flexibility index (Phi) is 7.94. The topological polar surface area (TPSA) is 149 Å². The molecule has 1 aromatic heterocycles. The number of hydrazine groups is 1. The zero-order valence-corrected chi connectivity index (χ0v) is 22.0. The summed E-state index contributed by atoms with van der Waals surface area (Å²) < 4.78 is 20.1. The second-order valence-corrected chi connectivity index (χ2v) is 10.4. The summed E-state index contributed by atoms with van der Waals surface area (Å²) in [6.07, 6.45) is 4.45. The summed E-state index contributed by atoms with van der Waals surface area (Å²) in [4.78, 5) is 42.2. The second-order valence-electron chi connectivity index (χ2n) is 10.4. The number of halogens is 1. The molecule has 12 heteroatoms. The third-order valence-corrected chi connectivity index (χ3v) is 7.61. The van der Waals surface area contributed by atoms with E-state index in [1.807, 2.05) is 0 Å². The summed E-state index contributed by atoms with van der Waals surface area (Å²) in [5, 5.41) is 11.4. The molecule has 4 atom stereocenters. The Bertz CT molecular complexity index is 1290. The molecular formula is C27H34FN7O4. The number of hydrogen-bond donors (Lipinski definition) is 6. The van der Waals surface area contributed by atoms with Crippen LogP contribution < -0.4 is 32.1 Å². The van der Waals surface area contributed by atoms with E-state index < -0.39 is 17.9 Å². The highest BCUT2D eigenvalue weighted by atomic mass is 19.1. The maximum absolute atomic E-state index is 14.7. The van der Waals surface area contributed by atoms with Crippen molar-refractivity contribution < 1.29 is 23.2 Å². The summed E-state index contributed by atoms with van der Waals surface area (Å²) in [5.41, 5.74) is 8.20. The zero-order chi connectivity index (χ0) is 27.5. The van der Waals surface area contributed by atoms with Gasteiger partial charge >= 0.3 is 6.03 Å². The lowest BCUT2D eigenvalue weighted by Gasteiger charge is -2.33. The van der Waals surface area contributed by atoms with E-state index in [1.54, 1.807) is 32.2 Å². The molecule has 39 heavy (non-hydrogen) atoms. The lowest BCUT2D eigenvalue weighted by Crippen LogP contribution is -2.49. The predicted octanol–water partition coefficient (Wildman–Crippen LogP) is 1.76. The van der Waals surface area contributed by atoms with E-state index in [9.17, 15) is 18.8 Å². The normalized spacial score (nSPS) is 24.5. The van der Waals surface area contributed by atoms with Crippen molar-refractivity contribution in [1.82, 2.24) is 37.1 Å². The second kappa shape index (κ2) is 11.5. The minimum Gasteiger partial charge on any atom is -0.444 e. The largest absolute Gasteiger partial charge is 0.444 e. The molecule has 5 rings (SSSR count). The molecule has 0 radical (unpaired) electrons. The highest BCUT2D eigenvalue weighted by Crippen LogP contribution is 2.31. The van der Waals surface area contributed by atoms with E-state index in [0.717, 1.165) is 25.8 Å². The van der Waals surface area contributed by atoms with Crippen LogP contribution in [0.5, 0.6) is 0 Å². The highest BCUT2D eigenvalue weighted by Gasteiger charge is 2.37. The molecule has 11 nitrogen and oxygen atoms in total. The van der Waals surface area contributed by atoms with Crippen LogP contribution in [0.1, 0.15) is 61.4 Å². The molecule has 1 aliphatic carbocycles. The van der Waals surface area contributed by atoms with Crippen LogP contribution in [0.4, 0.5) is 9.18 Å². The number of aryl methyl sites for hydroxylation is 2. The molecule has 2 aromatic rings. The van der Waals surface area contributed by atoms with Gasteiger partial charge in [0, 0.05) is 30.7 Å². The first-order valence-corrected chi connectivity index (χ1v) is 13.3. The third kappa shape index (κ3) is 6.28. The van der Waals surface area contributed by atoms with Crippen LogP contribution >= 0.6 is 0 Å². The molecule has 4 unspecified atom stereocenters. The first kappa shape index (κ1) is 26.8. The number of carbonyl (C=O) groups is 3. The molecule has 1 saturated carbocycles. The fourth-order valence-electron chi connectivity index (χ4n) is 5.60. The van der Waals surface area contributed by atoms with Gasteiger partial charge in [0.25, 0.3) is 5.91 Å². The Balaban J connectivity index is 1.26. The summed E-state index contributed by atoms with van der Waals surface area (Å²) >= 11 is 0. The smallest absolute Gasteiger partial charge is 0.319 e. The number of rotatable bonds is 8. The number of oxazole rings is 1. The Morgan fingerprint density at radius 2 is 2.08 bits per heavy atom. The van der Waals surface area contributed by atoms with E-state index in [0.29, 0.717) is 46.0 Å². The van der Waals surface area contributed by atoms with Gasteiger partial charge in [0.15, 0.2) is 0 Å². The SMILES string of the molecule is CC1=C(C(=O)NC2CCC3NNCC3C2)C(c2ccc(F)c(CCC(=O)NCc3ncc(C)o3)c2)NC(=O)N1. The number of urea groups is 1. The monoisotopic (exact) mass is 539 g/mol. The van der Waals surface area contributed by atoms with Crippen LogP contribution in [-0.4, -0.2) is 41.5 Å². The fraction of sp³-hybridized carbons (Fsp3) is 0.481. The summed E-state index contributed by atoms with van der Waals surface area (Å²) in [7, 11) is 0. The lowest BCUT2D eigenvalue weighted by molar-refractivity contribution is -0.121. The van der Waals surface area contributed by atoms with Crippen molar-refractivity contribution in [3.05, 3.63) is 64.3 Å². The number of allylic oxidation sites excluding steroid dienone is 1. The minimum absolute atomic E-state index is 0.0293. The number of nitrogens with one attached hydrogen (secondary N) is 6. The van der Waals surface area contributed by atoms with Crippen molar-refractivity contribution in [3.8, 4) is 0 Å². The van der Waals surface area contributed by atoms with Gasteiger partial charge in [0.05, 0.1) is 24.4 Å². The van der Waals surface area contributed by atoms with Crippen LogP contribution in [0, 0.1) is 18.7 Å². The molecular weight excluding hydrogens is 505 g/mol. The van der Waals surface area contributed by atoms with Crippen molar-refractivity contribution in [2.24, 2.45) is 5.92 Å². The highest BCUT2D eigenvalue weighted by molar-refractivity contribution is 5.98. The molecule has 0 bridgehead atoms. The van der Waals surface area contributed by atoms with E-state index >= 15 is 0 Å². The minimum atomic E-state index is -0.758. The van der Waals surface area contributed by atoms with Gasteiger partial charge in [-0.3, -0.25) is 20.4 Å². The summed E-state index contributed by atoms with van der Waals surface area (Å²) in [5.74, 6) is 0.501. The number of hydrogen-bond acceptors (Lipinski definition) is 7. The molecule has 2 fully saturated rings.